The number of likely N-dealkylation sites (N-methyl/N-ethyl adjacent to an activating group) is 1. The highest BCUT2D eigenvalue weighted by atomic mass is 16.2. The number of rotatable bonds is 9. The fourth-order valence-electron chi connectivity index (χ4n) is 5.64. The second-order valence-electron chi connectivity index (χ2n) is 10.3. The van der Waals surface area contributed by atoms with Gasteiger partial charge in [0, 0.05) is 37.8 Å². The van der Waals surface area contributed by atoms with Crippen molar-refractivity contribution < 1.29 is 14.4 Å². The van der Waals surface area contributed by atoms with Gasteiger partial charge >= 0.3 is 6.03 Å². The van der Waals surface area contributed by atoms with Crippen molar-refractivity contribution >= 4 is 17.8 Å². The molecule has 8 heteroatoms. The monoisotopic (exact) mass is 537 g/mol. The summed E-state index contributed by atoms with van der Waals surface area (Å²) in [6.07, 6.45) is 2.68. The lowest BCUT2D eigenvalue weighted by molar-refractivity contribution is -0.136. The van der Waals surface area contributed by atoms with Gasteiger partial charge in [-0.05, 0) is 49.6 Å². The summed E-state index contributed by atoms with van der Waals surface area (Å²) in [4.78, 5) is 48.7. The zero-order valence-electron chi connectivity index (χ0n) is 23.2. The Morgan fingerprint density at radius 1 is 1.07 bits per heavy atom. The molecule has 40 heavy (non-hydrogen) atoms. The van der Waals surface area contributed by atoms with E-state index in [-0.39, 0.29) is 24.4 Å². The third kappa shape index (κ3) is 5.47. The first kappa shape index (κ1) is 27.1. The van der Waals surface area contributed by atoms with E-state index in [4.69, 9.17) is 0 Å². The van der Waals surface area contributed by atoms with Crippen LogP contribution in [0.4, 0.5) is 4.79 Å². The molecule has 0 unspecified atom stereocenters. The predicted octanol–water partition coefficient (Wildman–Crippen LogP) is 3.85. The Hall–Kier alpha value is -4.46. The molecular weight excluding hydrogens is 502 g/mol. The van der Waals surface area contributed by atoms with Crippen molar-refractivity contribution in [1.29, 1.82) is 0 Å². The van der Waals surface area contributed by atoms with Crippen LogP contribution in [-0.4, -0.2) is 58.3 Å². The summed E-state index contributed by atoms with van der Waals surface area (Å²) in [5.74, 6) is -0.447. The lowest BCUT2D eigenvalue weighted by Gasteiger charge is -2.33. The Morgan fingerprint density at radius 3 is 2.55 bits per heavy atom. The van der Waals surface area contributed by atoms with Crippen LogP contribution in [0.1, 0.15) is 40.9 Å². The van der Waals surface area contributed by atoms with Crippen molar-refractivity contribution in [2.45, 2.75) is 45.7 Å². The fourth-order valence-corrected chi connectivity index (χ4v) is 5.64. The van der Waals surface area contributed by atoms with Gasteiger partial charge in [0.05, 0.1) is 23.9 Å². The molecule has 3 heterocycles. The molecule has 3 aromatic rings. The highest BCUT2D eigenvalue weighted by Gasteiger charge is 2.47. The third-order valence-electron chi connectivity index (χ3n) is 7.66. The van der Waals surface area contributed by atoms with Crippen LogP contribution >= 0.6 is 0 Å². The van der Waals surface area contributed by atoms with Crippen molar-refractivity contribution in [3.63, 3.8) is 0 Å². The lowest BCUT2D eigenvalue weighted by atomic mass is 9.91. The Labute approximate surface area is 235 Å². The molecule has 8 nitrogen and oxygen atoms in total. The molecule has 2 aliphatic rings. The van der Waals surface area contributed by atoms with Gasteiger partial charge in [0.15, 0.2) is 0 Å². The summed E-state index contributed by atoms with van der Waals surface area (Å²) < 4.78 is 0. The average molecular weight is 538 g/mol. The maximum absolute atomic E-state index is 14.2. The molecule has 4 amide bonds. The number of nitrogens with zero attached hydrogens (tertiary/aromatic N) is 3. The van der Waals surface area contributed by atoms with E-state index in [9.17, 15) is 14.4 Å². The highest BCUT2D eigenvalue weighted by Crippen LogP contribution is 2.38. The van der Waals surface area contributed by atoms with Crippen molar-refractivity contribution in [2.24, 2.45) is 0 Å². The number of aromatic nitrogens is 1. The molecule has 0 saturated heterocycles. The molecule has 2 aliphatic heterocycles. The molecule has 0 bridgehead atoms. The van der Waals surface area contributed by atoms with Gasteiger partial charge in [0.1, 0.15) is 6.04 Å². The van der Waals surface area contributed by atoms with E-state index in [0.717, 1.165) is 27.9 Å². The van der Waals surface area contributed by atoms with Gasteiger partial charge in [0.2, 0.25) is 5.91 Å². The van der Waals surface area contributed by atoms with Crippen LogP contribution in [0.5, 0.6) is 0 Å². The molecule has 0 radical (unpaired) electrons. The summed E-state index contributed by atoms with van der Waals surface area (Å²) in [5.41, 5.74) is 6.04. The highest BCUT2D eigenvalue weighted by molar-refractivity contribution is 6.03. The summed E-state index contributed by atoms with van der Waals surface area (Å²) in [6.45, 7) is 6.92. The minimum Gasteiger partial charge on any atom is -0.354 e. The van der Waals surface area contributed by atoms with Crippen LogP contribution in [-0.2, 0) is 22.4 Å². The Balaban J connectivity index is 1.45. The van der Waals surface area contributed by atoms with Crippen molar-refractivity contribution in [3.8, 4) is 0 Å². The second kappa shape index (κ2) is 11.7. The maximum atomic E-state index is 14.2. The van der Waals surface area contributed by atoms with Crippen LogP contribution in [0, 0.1) is 13.8 Å². The minimum absolute atomic E-state index is 0.196. The number of carbonyl (C=O) groups excluding carboxylic acids is 3. The van der Waals surface area contributed by atoms with Crippen LogP contribution < -0.4 is 10.6 Å². The quantitative estimate of drug-likeness (QED) is 0.434. The predicted molar refractivity (Wildman–Crippen MR) is 153 cm³/mol. The van der Waals surface area contributed by atoms with Gasteiger partial charge in [-0.3, -0.25) is 19.5 Å². The molecule has 0 spiro atoms. The molecule has 206 valence electrons. The van der Waals surface area contributed by atoms with E-state index in [1.54, 1.807) is 16.0 Å². The largest absolute Gasteiger partial charge is 0.354 e. The van der Waals surface area contributed by atoms with Gasteiger partial charge in [-0.1, -0.05) is 60.2 Å². The molecule has 2 N–H and O–H groups in total. The van der Waals surface area contributed by atoms with Crippen LogP contribution in [0.3, 0.4) is 0 Å². The van der Waals surface area contributed by atoms with Gasteiger partial charge in [0.25, 0.3) is 5.91 Å². The molecule has 0 saturated carbocycles. The van der Waals surface area contributed by atoms with E-state index in [1.807, 2.05) is 81.4 Å². The molecular formula is C32H35N5O3. The number of benzene rings is 2. The van der Waals surface area contributed by atoms with E-state index in [1.165, 1.54) is 0 Å². The Morgan fingerprint density at radius 2 is 1.85 bits per heavy atom. The molecule has 2 atom stereocenters. The van der Waals surface area contributed by atoms with Crippen molar-refractivity contribution in [1.82, 2.24) is 25.4 Å². The number of amides is 4. The van der Waals surface area contributed by atoms with Gasteiger partial charge in [-0.25, -0.2) is 4.79 Å². The van der Waals surface area contributed by atoms with Crippen molar-refractivity contribution in [3.05, 3.63) is 112 Å². The smallest absolute Gasteiger partial charge is 0.322 e. The van der Waals surface area contributed by atoms with Crippen LogP contribution in [0.25, 0.3) is 0 Å². The second-order valence-corrected chi connectivity index (χ2v) is 10.3. The maximum Gasteiger partial charge on any atom is 0.322 e. The molecule has 1 aromatic heterocycles. The topological polar surface area (TPSA) is 94.6 Å². The Bertz CT molecular complexity index is 1440. The first-order valence-electron chi connectivity index (χ1n) is 13.8. The number of nitrogens with one attached hydrogen (secondary N) is 2. The fraction of sp³-hybridized carbons (Fsp3) is 0.312. The number of hydrogen-bond donors (Lipinski definition) is 2. The SMILES string of the molecule is CCN1C(=O)N[C@H](c2ccc(C)cc2C)C2=C1CN([C@H](Cc1ccccc1)C(=O)NCCc1ccccn1)C2=O. The van der Waals surface area contributed by atoms with E-state index in [0.29, 0.717) is 37.2 Å². The Kier molecular flexibility index (Phi) is 7.96. The number of pyridine rings is 1. The number of hydrogen-bond acceptors (Lipinski definition) is 4. The van der Waals surface area contributed by atoms with Gasteiger partial charge in [-0.2, -0.15) is 0 Å². The zero-order valence-corrected chi connectivity index (χ0v) is 23.2. The summed E-state index contributed by atoms with van der Waals surface area (Å²) in [7, 11) is 0. The number of carbonyl (C=O) groups is 3. The molecule has 5 rings (SSSR count). The normalized spacial score (nSPS) is 17.5. The van der Waals surface area contributed by atoms with E-state index < -0.39 is 12.1 Å². The minimum atomic E-state index is -0.738. The summed E-state index contributed by atoms with van der Waals surface area (Å²) in [6, 6.07) is 19.9. The van der Waals surface area contributed by atoms with E-state index >= 15 is 0 Å². The standard InChI is InChI=1S/C32H35N5O3/c1-4-36-27-20-37(31(39)28(27)29(35-32(36)40)25-14-13-21(2)18-22(25)3)26(19-23-10-6-5-7-11-23)30(38)34-17-15-24-12-8-9-16-33-24/h5-14,16,18,26,29H,4,15,17,19-20H2,1-3H3,(H,34,38)(H,35,40)/t26-,29-/m1/s1. The number of aryl methyl sites for hydroxylation is 2. The first-order valence-corrected chi connectivity index (χ1v) is 13.8. The third-order valence-corrected chi connectivity index (χ3v) is 7.66. The van der Waals surface area contributed by atoms with Crippen LogP contribution in [0.2, 0.25) is 0 Å². The van der Waals surface area contributed by atoms with Gasteiger partial charge in [-0.15, -0.1) is 0 Å². The zero-order chi connectivity index (χ0) is 28.2. The lowest BCUT2D eigenvalue weighted by Crippen LogP contribution is -2.50. The number of urea groups is 1. The van der Waals surface area contributed by atoms with Crippen molar-refractivity contribution in [2.75, 3.05) is 19.6 Å². The summed E-state index contributed by atoms with van der Waals surface area (Å²) in [5, 5.41) is 6.10. The first-order chi connectivity index (χ1) is 19.4. The molecule has 0 aliphatic carbocycles. The average Bonchev–Trinajstić information content (AvgIpc) is 3.29. The van der Waals surface area contributed by atoms with Crippen LogP contribution in [0.15, 0.2) is 84.2 Å². The molecule has 2 aromatic carbocycles. The molecule has 0 fully saturated rings. The van der Waals surface area contributed by atoms with E-state index in [2.05, 4.69) is 21.7 Å². The van der Waals surface area contributed by atoms with Gasteiger partial charge < -0.3 is 15.5 Å². The summed E-state index contributed by atoms with van der Waals surface area (Å²) >= 11 is 0.